The summed E-state index contributed by atoms with van der Waals surface area (Å²) in [5.74, 6) is 0.175. The third kappa shape index (κ3) is 2.47. The summed E-state index contributed by atoms with van der Waals surface area (Å²) in [5, 5.41) is 17.8. The molecule has 90 valence electrons. The lowest BCUT2D eigenvalue weighted by atomic mass is 10.1. The first kappa shape index (κ1) is 11.7. The molecule has 0 bridgehead atoms. The number of nitriles is 1. The van der Waals surface area contributed by atoms with Gasteiger partial charge in [0.1, 0.15) is 5.82 Å². The lowest BCUT2D eigenvalue weighted by molar-refractivity contribution is 0.0951. The molecular weight excluding hydrogens is 230 g/mol. The normalized spacial score (nSPS) is 9.72. The SMILES string of the molecule is N#Cc1cccc(C(=O)NCc2cn[nH]c2N)c1. The van der Waals surface area contributed by atoms with E-state index in [0.29, 0.717) is 16.9 Å². The van der Waals surface area contributed by atoms with Crippen LogP contribution >= 0.6 is 0 Å². The number of H-pyrrole nitrogens is 1. The van der Waals surface area contributed by atoms with Crippen molar-refractivity contribution in [1.29, 1.82) is 5.26 Å². The maximum Gasteiger partial charge on any atom is 0.251 e. The van der Waals surface area contributed by atoms with Gasteiger partial charge in [-0.1, -0.05) is 6.07 Å². The minimum atomic E-state index is -0.257. The number of carbonyl (C=O) groups excluding carboxylic acids is 1. The summed E-state index contributed by atoms with van der Waals surface area (Å²) >= 11 is 0. The first-order chi connectivity index (χ1) is 8.70. The van der Waals surface area contributed by atoms with Crippen LogP contribution in [0.25, 0.3) is 0 Å². The zero-order valence-corrected chi connectivity index (χ0v) is 9.47. The average molecular weight is 241 g/mol. The van der Waals surface area contributed by atoms with E-state index in [4.69, 9.17) is 11.0 Å². The Morgan fingerprint density at radius 2 is 2.39 bits per heavy atom. The molecule has 18 heavy (non-hydrogen) atoms. The van der Waals surface area contributed by atoms with E-state index in [2.05, 4.69) is 15.5 Å². The van der Waals surface area contributed by atoms with Crippen molar-refractivity contribution < 1.29 is 4.79 Å². The maximum atomic E-state index is 11.8. The summed E-state index contributed by atoms with van der Waals surface area (Å²) in [4.78, 5) is 11.8. The fourth-order valence-electron chi connectivity index (χ4n) is 1.47. The van der Waals surface area contributed by atoms with Gasteiger partial charge in [-0.3, -0.25) is 9.89 Å². The summed E-state index contributed by atoms with van der Waals surface area (Å²) < 4.78 is 0. The molecule has 4 N–H and O–H groups in total. The molecule has 1 amide bonds. The van der Waals surface area contributed by atoms with Gasteiger partial charge in [0.05, 0.1) is 17.8 Å². The highest BCUT2D eigenvalue weighted by atomic mass is 16.1. The molecule has 0 radical (unpaired) electrons. The number of hydrogen-bond donors (Lipinski definition) is 3. The first-order valence-corrected chi connectivity index (χ1v) is 5.27. The number of nitrogens with two attached hydrogens (primary N) is 1. The number of hydrogen-bond acceptors (Lipinski definition) is 4. The van der Waals surface area contributed by atoms with E-state index in [-0.39, 0.29) is 12.5 Å². The van der Waals surface area contributed by atoms with Crippen molar-refractivity contribution in [2.75, 3.05) is 5.73 Å². The van der Waals surface area contributed by atoms with E-state index in [1.807, 2.05) is 6.07 Å². The van der Waals surface area contributed by atoms with Gasteiger partial charge in [0.15, 0.2) is 0 Å². The topological polar surface area (TPSA) is 108 Å². The molecule has 6 heteroatoms. The molecule has 0 unspecified atom stereocenters. The van der Waals surface area contributed by atoms with Crippen molar-refractivity contribution in [3.63, 3.8) is 0 Å². The summed E-state index contributed by atoms with van der Waals surface area (Å²) in [5.41, 5.74) is 7.21. The molecule has 2 aromatic rings. The molecule has 6 nitrogen and oxygen atoms in total. The van der Waals surface area contributed by atoms with Crippen molar-refractivity contribution in [2.45, 2.75) is 6.54 Å². The molecule has 0 aliphatic heterocycles. The number of nitrogens with zero attached hydrogens (tertiary/aromatic N) is 2. The Balaban J connectivity index is 2.04. The van der Waals surface area contributed by atoms with Crippen LogP contribution in [0.15, 0.2) is 30.5 Å². The van der Waals surface area contributed by atoms with Gasteiger partial charge in [0, 0.05) is 17.7 Å². The molecule has 0 saturated carbocycles. The van der Waals surface area contributed by atoms with Gasteiger partial charge < -0.3 is 11.1 Å². The van der Waals surface area contributed by atoms with Gasteiger partial charge in [-0.2, -0.15) is 10.4 Å². The van der Waals surface area contributed by atoms with Gasteiger partial charge in [0.25, 0.3) is 5.91 Å². The molecule has 1 heterocycles. The third-order valence-corrected chi connectivity index (χ3v) is 2.44. The molecule has 1 aromatic carbocycles. The van der Waals surface area contributed by atoms with Crippen LogP contribution in [0.3, 0.4) is 0 Å². The van der Waals surface area contributed by atoms with E-state index < -0.39 is 0 Å². The van der Waals surface area contributed by atoms with Crippen LogP contribution in [0.5, 0.6) is 0 Å². The number of aromatic nitrogens is 2. The number of anilines is 1. The maximum absolute atomic E-state index is 11.8. The van der Waals surface area contributed by atoms with Gasteiger partial charge in [-0.25, -0.2) is 0 Å². The first-order valence-electron chi connectivity index (χ1n) is 5.27. The molecular formula is C12H11N5O. The molecule has 0 spiro atoms. The van der Waals surface area contributed by atoms with Crippen molar-refractivity contribution in [2.24, 2.45) is 0 Å². The van der Waals surface area contributed by atoms with Gasteiger partial charge >= 0.3 is 0 Å². The summed E-state index contributed by atoms with van der Waals surface area (Å²) in [6.07, 6.45) is 1.56. The number of nitrogen functional groups attached to an aromatic ring is 1. The Morgan fingerprint density at radius 3 is 3.06 bits per heavy atom. The smallest absolute Gasteiger partial charge is 0.251 e. The minimum Gasteiger partial charge on any atom is -0.384 e. The fourth-order valence-corrected chi connectivity index (χ4v) is 1.47. The van der Waals surface area contributed by atoms with Crippen LogP contribution in [-0.2, 0) is 6.54 Å². The van der Waals surface area contributed by atoms with Gasteiger partial charge in [0.2, 0.25) is 0 Å². The predicted octanol–water partition coefficient (Wildman–Crippen LogP) is 0.794. The monoisotopic (exact) mass is 241 g/mol. The zero-order valence-electron chi connectivity index (χ0n) is 9.47. The van der Waals surface area contributed by atoms with Crippen LogP contribution in [0, 0.1) is 11.3 Å². The fraction of sp³-hybridized carbons (Fsp3) is 0.0833. The lowest BCUT2D eigenvalue weighted by Gasteiger charge is -2.04. The van der Waals surface area contributed by atoms with Crippen LogP contribution in [-0.4, -0.2) is 16.1 Å². The average Bonchev–Trinajstić information content (AvgIpc) is 2.81. The van der Waals surface area contributed by atoms with Crippen LogP contribution in [0.1, 0.15) is 21.5 Å². The Labute approximate surface area is 103 Å². The Hall–Kier alpha value is -2.81. The van der Waals surface area contributed by atoms with Crippen LogP contribution in [0.2, 0.25) is 0 Å². The van der Waals surface area contributed by atoms with Crippen molar-refractivity contribution >= 4 is 11.7 Å². The molecule has 1 aromatic heterocycles. The number of nitrogens with one attached hydrogen (secondary N) is 2. The highest BCUT2D eigenvalue weighted by Gasteiger charge is 2.07. The van der Waals surface area contributed by atoms with Crippen LogP contribution in [0.4, 0.5) is 5.82 Å². The summed E-state index contributed by atoms with van der Waals surface area (Å²) in [7, 11) is 0. The highest BCUT2D eigenvalue weighted by Crippen LogP contribution is 2.07. The number of benzene rings is 1. The quantitative estimate of drug-likeness (QED) is 0.738. The third-order valence-electron chi connectivity index (χ3n) is 2.44. The van der Waals surface area contributed by atoms with Crippen molar-refractivity contribution in [1.82, 2.24) is 15.5 Å². The molecule has 0 saturated heterocycles. The second-order valence-electron chi connectivity index (χ2n) is 3.68. The van der Waals surface area contributed by atoms with Crippen LogP contribution < -0.4 is 11.1 Å². The Kier molecular flexibility index (Phi) is 3.25. The van der Waals surface area contributed by atoms with E-state index >= 15 is 0 Å². The molecule has 0 aliphatic rings. The summed E-state index contributed by atoms with van der Waals surface area (Å²) in [6, 6.07) is 8.48. The van der Waals surface area contributed by atoms with E-state index in [9.17, 15) is 4.79 Å². The van der Waals surface area contributed by atoms with Gasteiger partial charge in [-0.15, -0.1) is 0 Å². The number of carbonyl (C=O) groups is 1. The molecule has 0 aliphatic carbocycles. The van der Waals surface area contributed by atoms with E-state index in [0.717, 1.165) is 5.56 Å². The molecule has 0 fully saturated rings. The lowest BCUT2D eigenvalue weighted by Crippen LogP contribution is -2.23. The molecule has 0 atom stereocenters. The second-order valence-corrected chi connectivity index (χ2v) is 3.68. The van der Waals surface area contributed by atoms with E-state index in [1.165, 1.54) is 6.07 Å². The number of rotatable bonds is 3. The highest BCUT2D eigenvalue weighted by molar-refractivity contribution is 5.94. The summed E-state index contributed by atoms with van der Waals surface area (Å²) in [6.45, 7) is 0.290. The zero-order chi connectivity index (χ0) is 13.0. The van der Waals surface area contributed by atoms with Crippen molar-refractivity contribution in [3.8, 4) is 6.07 Å². The standard InChI is InChI=1S/C12H11N5O/c13-5-8-2-1-3-9(4-8)12(18)15-6-10-7-16-17-11(10)14/h1-4,7H,6H2,(H,15,18)(H3,14,16,17). The number of aromatic amines is 1. The Morgan fingerprint density at radius 1 is 1.56 bits per heavy atom. The van der Waals surface area contributed by atoms with Crippen molar-refractivity contribution in [3.05, 3.63) is 47.2 Å². The van der Waals surface area contributed by atoms with Gasteiger partial charge in [-0.05, 0) is 18.2 Å². The second kappa shape index (κ2) is 5.01. The number of amides is 1. The Bertz CT molecular complexity index is 611. The minimum absolute atomic E-state index is 0.257. The van der Waals surface area contributed by atoms with E-state index in [1.54, 1.807) is 24.4 Å². The molecule has 2 rings (SSSR count). The largest absolute Gasteiger partial charge is 0.384 e. The predicted molar refractivity (Wildman–Crippen MR) is 65.3 cm³/mol.